The van der Waals surface area contributed by atoms with Gasteiger partial charge in [0.2, 0.25) is 17.7 Å². The molecular formula is C21H36N6O6S. The molecule has 1 aromatic heterocycles. The highest BCUT2D eigenvalue weighted by Crippen LogP contribution is 2.11. The van der Waals surface area contributed by atoms with Crippen LogP contribution in [0.15, 0.2) is 12.5 Å². The summed E-state index contributed by atoms with van der Waals surface area (Å²) in [6.07, 6.45) is 4.41. The number of amides is 3. The van der Waals surface area contributed by atoms with Crippen molar-refractivity contribution in [1.82, 2.24) is 25.9 Å². The second-order valence-corrected chi connectivity index (χ2v) is 9.15. The number of carboxylic acid groups (broad SMARTS) is 1. The molecule has 1 heterocycles. The number of thioether (sulfide) groups is 1. The average Bonchev–Trinajstić information content (AvgIpc) is 3.31. The first-order valence-corrected chi connectivity index (χ1v) is 12.4. The molecule has 0 aliphatic heterocycles. The maximum Gasteiger partial charge on any atom is 0.326 e. The number of H-pyrrole nitrogens is 1. The molecule has 6 unspecified atom stereocenters. The summed E-state index contributed by atoms with van der Waals surface area (Å²) >= 11 is 1.47. The standard InChI is InChI=1S/C21H36N6O6S/c1-5-11(2)17(20(31)26-15(21(32)33)8-13-9-23-10-24-13)27-18(29)14(6-7-34-4)25-19(30)16(22)12(3)28/h9-12,14-17,28H,5-8,22H2,1-4H3,(H,23,24)(H,25,30)(H,26,31)(H,27,29)(H,32,33). The second kappa shape index (κ2) is 14.6. The van der Waals surface area contributed by atoms with Gasteiger partial charge in [0.05, 0.1) is 12.4 Å². The number of carbonyl (C=O) groups is 4. The minimum Gasteiger partial charge on any atom is -0.480 e. The molecule has 12 nitrogen and oxygen atoms in total. The summed E-state index contributed by atoms with van der Waals surface area (Å²) in [6.45, 7) is 4.96. The van der Waals surface area contributed by atoms with Crippen molar-refractivity contribution < 1.29 is 29.4 Å². The van der Waals surface area contributed by atoms with E-state index >= 15 is 0 Å². The van der Waals surface area contributed by atoms with Gasteiger partial charge in [-0.3, -0.25) is 14.4 Å². The van der Waals surface area contributed by atoms with E-state index < -0.39 is 54.0 Å². The minimum absolute atomic E-state index is 0.00805. The first-order valence-electron chi connectivity index (χ1n) is 11.0. The van der Waals surface area contributed by atoms with E-state index in [1.165, 1.54) is 31.2 Å². The number of nitrogens with one attached hydrogen (secondary N) is 4. The molecule has 3 amide bonds. The number of aromatic nitrogens is 2. The quantitative estimate of drug-likeness (QED) is 0.158. The maximum absolute atomic E-state index is 13.0. The fourth-order valence-corrected chi connectivity index (χ4v) is 3.50. The third-order valence-electron chi connectivity index (χ3n) is 5.45. The summed E-state index contributed by atoms with van der Waals surface area (Å²) in [4.78, 5) is 56.7. The van der Waals surface area contributed by atoms with Crippen LogP contribution in [0.4, 0.5) is 0 Å². The lowest BCUT2D eigenvalue weighted by Crippen LogP contribution is -2.59. The van der Waals surface area contributed by atoms with E-state index in [-0.39, 0.29) is 18.8 Å². The molecule has 0 radical (unpaired) electrons. The van der Waals surface area contributed by atoms with Crippen molar-refractivity contribution in [3.8, 4) is 0 Å². The molecule has 0 aromatic carbocycles. The van der Waals surface area contributed by atoms with Gasteiger partial charge in [0.15, 0.2) is 0 Å². The number of hydrogen-bond acceptors (Lipinski definition) is 8. The summed E-state index contributed by atoms with van der Waals surface area (Å²) in [5.41, 5.74) is 6.20. The zero-order valence-corrected chi connectivity index (χ0v) is 20.7. The molecule has 1 rings (SSSR count). The number of imidazole rings is 1. The van der Waals surface area contributed by atoms with Gasteiger partial charge in [-0.2, -0.15) is 11.8 Å². The molecule has 192 valence electrons. The summed E-state index contributed by atoms with van der Waals surface area (Å²) < 4.78 is 0. The smallest absolute Gasteiger partial charge is 0.326 e. The lowest BCUT2D eigenvalue weighted by molar-refractivity contribution is -0.142. The van der Waals surface area contributed by atoms with Crippen LogP contribution in [0.2, 0.25) is 0 Å². The Morgan fingerprint density at radius 1 is 1.12 bits per heavy atom. The normalized spacial score (nSPS) is 16.4. The lowest BCUT2D eigenvalue weighted by Gasteiger charge is -2.28. The summed E-state index contributed by atoms with van der Waals surface area (Å²) in [7, 11) is 0. The minimum atomic E-state index is -1.23. The van der Waals surface area contributed by atoms with Gasteiger partial charge in [-0.15, -0.1) is 0 Å². The van der Waals surface area contributed by atoms with Gasteiger partial charge >= 0.3 is 5.97 Å². The van der Waals surface area contributed by atoms with E-state index in [0.29, 0.717) is 17.9 Å². The third-order valence-corrected chi connectivity index (χ3v) is 6.10. The molecule has 0 saturated heterocycles. The molecule has 0 aliphatic rings. The molecule has 0 aliphatic carbocycles. The molecule has 6 atom stereocenters. The Morgan fingerprint density at radius 3 is 2.26 bits per heavy atom. The van der Waals surface area contributed by atoms with Crippen molar-refractivity contribution >= 4 is 35.5 Å². The Hall–Kier alpha value is -2.64. The molecule has 13 heteroatoms. The summed E-state index contributed by atoms with van der Waals surface area (Å²) in [6, 6.07) is -4.45. The van der Waals surface area contributed by atoms with Gasteiger partial charge in [-0.1, -0.05) is 20.3 Å². The predicted molar refractivity (Wildman–Crippen MR) is 128 cm³/mol. The number of nitrogens with two attached hydrogens (primary N) is 1. The molecule has 1 aromatic rings. The highest BCUT2D eigenvalue weighted by atomic mass is 32.2. The molecule has 8 N–H and O–H groups in total. The topological polar surface area (TPSA) is 200 Å². The van der Waals surface area contributed by atoms with Gasteiger partial charge in [0, 0.05) is 18.3 Å². The fourth-order valence-electron chi connectivity index (χ4n) is 3.03. The van der Waals surface area contributed by atoms with Gasteiger partial charge in [0.1, 0.15) is 24.2 Å². The Bertz CT molecular complexity index is 806. The fraction of sp³-hybridized carbons (Fsp3) is 0.667. The van der Waals surface area contributed by atoms with Crippen LogP contribution in [-0.4, -0.2) is 86.2 Å². The van der Waals surface area contributed by atoms with Crippen LogP contribution in [0.3, 0.4) is 0 Å². The number of hydrogen-bond donors (Lipinski definition) is 7. The van der Waals surface area contributed by atoms with E-state index in [0.717, 1.165) is 0 Å². The van der Waals surface area contributed by atoms with Crippen LogP contribution in [0.5, 0.6) is 0 Å². The van der Waals surface area contributed by atoms with Crippen molar-refractivity contribution in [1.29, 1.82) is 0 Å². The van der Waals surface area contributed by atoms with Crippen molar-refractivity contribution in [3.63, 3.8) is 0 Å². The molecule has 0 fully saturated rings. The average molecular weight is 501 g/mol. The first kappa shape index (κ1) is 29.4. The van der Waals surface area contributed by atoms with Crippen molar-refractivity contribution in [2.75, 3.05) is 12.0 Å². The Kier molecular flexibility index (Phi) is 12.6. The molecular weight excluding hydrogens is 464 g/mol. The Balaban J connectivity index is 2.99. The lowest BCUT2D eigenvalue weighted by atomic mass is 9.97. The van der Waals surface area contributed by atoms with Gasteiger partial charge < -0.3 is 36.9 Å². The predicted octanol–water partition coefficient (Wildman–Crippen LogP) is -1.00. The largest absolute Gasteiger partial charge is 0.480 e. The molecule has 0 bridgehead atoms. The zero-order valence-electron chi connectivity index (χ0n) is 19.9. The van der Waals surface area contributed by atoms with Crippen molar-refractivity contribution in [2.24, 2.45) is 11.7 Å². The van der Waals surface area contributed by atoms with Crippen LogP contribution >= 0.6 is 11.8 Å². The SMILES string of the molecule is CCC(C)C(NC(=O)C(CCSC)NC(=O)C(N)C(C)O)C(=O)NC(Cc1cnc[nH]1)C(=O)O. The third kappa shape index (κ3) is 9.31. The van der Waals surface area contributed by atoms with E-state index in [2.05, 4.69) is 25.9 Å². The number of aliphatic hydroxyl groups is 1. The summed E-state index contributed by atoms with van der Waals surface area (Å²) in [5, 5.41) is 26.8. The van der Waals surface area contributed by atoms with E-state index in [4.69, 9.17) is 5.73 Å². The number of aromatic amines is 1. The van der Waals surface area contributed by atoms with E-state index in [9.17, 15) is 29.4 Å². The van der Waals surface area contributed by atoms with E-state index in [1.807, 2.05) is 13.2 Å². The molecule has 34 heavy (non-hydrogen) atoms. The number of aliphatic carboxylic acids is 1. The molecule has 0 spiro atoms. The number of carbonyl (C=O) groups excluding carboxylic acids is 3. The first-order chi connectivity index (χ1) is 16.0. The highest BCUT2D eigenvalue weighted by Gasteiger charge is 2.33. The van der Waals surface area contributed by atoms with Gasteiger partial charge in [0.25, 0.3) is 0 Å². The van der Waals surface area contributed by atoms with Gasteiger partial charge in [-0.05, 0) is 31.3 Å². The van der Waals surface area contributed by atoms with E-state index in [1.54, 1.807) is 6.92 Å². The van der Waals surface area contributed by atoms with Crippen molar-refractivity contribution in [3.05, 3.63) is 18.2 Å². The number of nitrogens with zero attached hydrogens (tertiary/aromatic N) is 1. The maximum atomic E-state index is 13.0. The Labute approximate surface area is 203 Å². The zero-order chi connectivity index (χ0) is 25.8. The van der Waals surface area contributed by atoms with Crippen LogP contribution in [0.1, 0.15) is 39.3 Å². The number of carboxylic acids is 1. The summed E-state index contributed by atoms with van der Waals surface area (Å²) in [5.74, 6) is -2.93. The number of rotatable bonds is 15. The monoisotopic (exact) mass is 500 g/mol. The van der Waals surface area contributed by atoms with Gasteiger partial charge in [-0.25, -0.2) is 9.78 Å². The second-order valence-electron chi connectivity index (χ2n) is 8.16. The molecule has 0 saturated carbocycles. The van der Waals surface area contributed by atoms with Crippen LogP contribution < -0.4 is 21.7 Å². The van der Waals surface area contributed by atoms with Crippen LogP contribution in [-0.2, 0) is 25.6 Å². The highest BCUT2D eigenvalue weighted by molar-refractivity contribution is 7.98. The Morgan fingerprint density at radius 2 is 1.76 bits per heavy atom. The van der Waals surface area contributed by atoms with Crippen LogP contribution in [0.25, 0.3) is 0 Å². The van der Waals surface area contributed by atoms with Crippen LogP contribution in [0, 0.1) is 5.92 Å². The van der Waals surface area contributed by atoms with Crippen molar-refractivity contribution in [2.45, 2.75) is 70.3 Å². The number of aliphatic hydroxyl groups excluding tert-OH is 1.